The fourth-order valence-electron chi connectivity index (χ4n) is 2.70. The smallest absolute Gasteiger partial charge is 0.296 e. The van der Waals surface area contributed by atoms with Crippen LogP contribution in [-0.4, -0.2) is 42.7 Å². The summed E-state index contributed by atoms with van der Waals surface area (Å²) in [7, 11) is -7.65. The molecule has 0 amide bonds. The highest BCUT2D eigenvalue weighted by Gasteiger charge is 2.22. The first-order chi connectivity index (χ1) is 13.8. The summed E-state index contributed by atoms with van der Waals surface area (Å²) < 4.78 is 65.1. The van der Waals surface area contributed by atoms with Crippen molar-refractivity contribution in [3.05, 3.63) is 39.7 Å². The van der Waals surface area contributed by atoms with E-state index in [1.54, 1.807) is 7.05 Å². The molecule has 164 valence electrons. The second kappa shape index (κ2) is 8.51. The molecule has 0 saturated heterocycles. The molecule has 0 fully saturated rings. The molecule has 0 saturated carbocycles. The third-order valence-electron chi connectivity index (χ3n) is 4.20. The molecule has 0 atom stereocenters. The number of aromatic nitrogens is 1. The number of nitrogens with zero attached hydrogens (tertiary/aromatic N) is 3. The molecule has 0 radical (unpaired) electrons. The van der Waals surface area contributed by atoms with Crippen LogP contribution in [0.2, 0.25) is 0 Å². The van der Waals surface area contributed by atoms with Crippen LogP contribution in [-0.2, 0) is 32.5 Å². The molecule has 30 heavy (non-hydrogen) atoms. The van der Waals surface area contributed by atoms with Crippen molar-refractivity contribution >= 4 is 37.3 Å². The molecule has 0 spiro atoms. The molecule has 0 bridgehead atoms. The largest absolute Gasteiger partial charge is 0.493 e. The van der Waals surface area contributed by atoms with Gasteiger partial charge in [-0.15, -0.1) is 10.2 Å². The van der Waals surface area contributed by atoms with Crippen LogP contribution in [0.25, 0.3) is 0 Å². The topological polar surface area (TPSA) is 188 Å². The van der Waals surface area contributed by atoms with Crippen molar-refractivity contribution in [1.82, 2.24) is 4.57 Å². The van der Waals surface area contributed by atoms with Crippen molar-refractivity contribution in [3.8, 4) is 5.88 Å². The van der Waals surface area contributed by atoms with E-state index in [0.717, 1.165) is 10.6 Å². The van der Waals surface area contributed by atoms with Gasteiger partial charge in [-0.2, -0.15) is 16.8 Å². The molecular weight excluding hydrogens is 440 g/mol. The summed E-state index contributed by atoms with van der Waals surface area (Å²) in [5.41, 5.74) is -1.35. The zero-order chi connectivity index (χ0) is 22.9. The maximum atomic E-state index is 12.4. The van der Waals surface area contributed by atoms with Gasteiger partial charge in [0.05, 0.1) is 0 Å². The normalized spacial score (nSPS) is 12.4. The molecule has 12 nitrogen and oxygen atoms in total. The lowest BCUT2D eigenvalue weighted by Gasteiger charge is -2.14. The van der Waals surface area contributed by atoms with Crippen LogP contribution in [0.1, 0.15) is 18.1 Å². The van der Waals surface area contributed by atoms with Gasteiger partial charge in [0.1, 0.15) is 22.0 Å². The van der Waals surface area contributed by atoms with Crippen molar-refractivity contribution in [2.45, 2.75) is 31.0 Å². The van der Waals surface area contributed by atoms with Crippen molar-refractivity contribution in [1.29, 1.82) is 0 Å². The first-order valence-corrected chi connectivity index (χ1v) is 11.5. The van der Waals surface area contributed by atoms with E-state index in [4.69, 9.17) is 4.55 Å². The minimum atomic E-state index is -4.65. The number of aromatic hydroxyl groups is 1. The molecule has 1 heterocycles. The van der Waals surface area contributed by atoms with Crippen molar-refractivity contribution in [3.63, 3.8) is 0 Å². The van der Waals surface area contributed by atoms with Crippen LogP contribution in [0.3, 0.4) is 0 Å². The van der Waals surface area contributed by atoms with Crippen molar-refractivity contribution < 1.29 is 31.0 Å². The summed E-state index contributed by atoms with van der Waals surface area (Å²) in [6.45, 7) is 2.77. The van der Waals surface area contributed by atoms with Crippen LogP contribution < -0.4 is 10.9 Å². The molecule has 2 aromatic rings. The Kier molecular flexibility index (Phi) is 6.66. The van der Waals surface area contributed by atoms with Gasteiger partial charge >= 0.3 is 0 Å². The Morgan fingerprint density at radius 1 is 1.13 bits per heavy atom. The summed E-state index contributed by atoms with van der Waals surface area (Å²) in [6.07, 6.45) is 0. The fraction of sp³-hybridized carbons (Fsp3) is 0.312. The highest BCUT2D eigenvalue weighted by atomic mass is 32.2. The van der Waals surface area contributed by atoms with E-state index >= 15 is 0 Å². The fourth-order valence-corrected chi connectivity index (χ4v) is 4.01. The van der Waals surface area contributed by atoms with Gasteiger partial charge in [0, 0.05) is 24.8 Å². The van der Waals surface area contributed by atoms with Gasteiger partial charge in [0.25, 0.3) is 25.8 Å². The Hall–Kier alpha value is -2.81. The SMILES string of the molecule is CCn1c(O)c(N=Nc2cc(NC)ccc2S(=O)(=O)O)c(C)c(CS(=O)(=O)O)c1=O. The summed E-state index contributed by atoms with van der Waals surface area (Å²) in [4.78, 5) is 11.9. The number of nitrogens with one attached hydrogen (secondary N) is 1. The summed E-state index contributed by atoms with van der Waals surface area (Å²) >= 11 is 0. The van der Waals surface area contributed by atoms with Crippen LogP contribution in [0, 0.1) is 6.92 Å². The molecule has 14 heteroatoms. The zero-order valence-corrected chi connectivity index (χ0v) is 17.8. The van der Waals surface area contributed by atoms with Crippen LogP contribution in [0.5, 0.6) is 5.88 Å². The Labute approximate surface area is 172 Å². The number of rotatable bonds is 7. The highest BCUT2D eigenvalue weighted by molar-refractivity contribution is 7.86. The predicted octanol–water partition coefficient (Wildman–Crippen LogP) is 1.97. The van der Waals surface area contributed by atoms with Gasteiger partial charge in [-0.3, -0.25) is 18.5 Å². The minimum Gasteiger partial charge on any atom is -0.493 e. The maximum absolute atomic E-state index is 12.4. The lowest BCUT2D eigenvalue weighted by atomic mass is 10.1. The second-order valence-electron chi connectivity index (χ2n) is 6.16. The van der Waals surface area contributed by atoms with Gasteiger partial charge in [0.15, 0.2) is 0 Å². The molecule has 1 aromatic carbocycles. The third kappa shape index (κ3) is 5.02. The molecule has 1 aromatic heterocycles. The lowest BCUT2D eigenvalue weighted by molar-refractivity contribution is 0.411. The Morgan fingerprint density at radius 3 is 2.27 bits per heavy atom. The Morgan fingerprint density at radius 2 is 1.77 bits per heavy atom. The molecule has 0 aliphatic heterocycles. The first kappa shape index (κ1) is 23.5. The van der Waals surface area contributed by atoms with Crippen molar-refractivity contribution in [2.75, 3.05) is 12.4 Å². The van der Waals surface area contributed by atoms with E-state index in [1.165, 1.54) is 26.0 Å². The van der Waals surface area contributed by atoms with E-state index in [0.29, 0.717) is 5.69 Å². The second-order valence-corrected chi connectivity index (χ2v) is 9.00. The molecule has 0 unspecified atom stereocenters. The molecule has 0 aliphatic carbocycles. The lowest BCUT2D eigenvalue weighted by Crippen LogP contribution is -2.26. The van der Waals surface area contributed by atoms with E-state index < -0.39 is 42.3 Å². The monoisotopic (exact) mass is 460 g/mol. The predicted molar refractivity (Wildman–Crippen MR) is 108 cm³/mol. The van der Waals surface area contributed by atoms with E-state index in [1.807, 2.05) is 0 Å². The number of azo groups is 1. The molecular formula is C16H20N4O8S2. The number of hydrogen-bond donors (Lipinski definition) is 4. The van der Waals surface area contributed by atoms with E-state index in [2.05, 4.69) is 15.5 Å². The molecule has 4 N–H and O–H groups in total. The number of hydrogen-bond acceptors (Lipinski definition) is 9. The highest BCUT2D eigenvalue weighted by Crippen LogP contribution is 2.35. The molecule has 0 aliphatic rings. The number of benzene rings is 1. The van der Waals surface area contributed by atoms with Gasteiger partial charge in [-0.1, -0.05) is 0 Å². The van der Waals surface area contributed by atoms with Gasteiger partial charge in [-0.25, -0.2) is 0 Å². The van der Waals surface area contributed by atoms with Crippen LogP contribution in [0.15, 0.2) is 38.1 Å². The van der Waals surface area contributed by atoms with Gasteiger partial charge in [0.2, 0.25) is 5.88 Å². The maximum Gasteiger partial charge on any atom is 0.296 e. The first-order valence-electron chi connectivity index (χ1n) is 8.41. The zero-order valence-electron chi connectivity index (χ0n) is 16.2. The average molecular weight is 460 g/mol. The Balaban J connectivity index is 2.77. The average Bonchev–Trinajstić information content (AvgIpc) is 2.63. The van der Waals surface area contributed by atoms with Crippen molar-refractivity contribution in [2.24, 2.45) is 10.2 Å². The van der Waals surface area contributed by atoms with Crippen LogP contribution >= 0.6 is 0 Å². The standard InChI is InChI=1S/C16H20N4O8S2/c1-4-20-15(21)11(8-29(23,24)25)9(2)14(16(20)22)19-18-12-7-10(17-3)5-6-13(12)30(26,27)28/h5-7,17,22H,4,8H2,1-3H3,(H,23,24,25)(H,26,27,28). The quantitative estimate of drug-likeness (QED) is 0.354. The summed E-state index contributed by atoms with van der Waals surface area (Å²) in [5, 5.41) is 20.7. The summed E-state index contributed by atoms with van der Waals surface area (Å²) in [5.74, 6) is -1.63. The number of anilines is 1. The third-order valence-corrected chi connectivity index (χ3v) is 5.76. The van der Waals surface area contributed by atoms with E-state index in [9.17, 15) is 31.3 Å². The van der Waals surface area contributed by atoms with Gasteiger partial charge in [-0.05, 0) is 37.6 Å². The van der Waals surface area contributed by atoms with Crippen LogP contribution in [0.4, 0.5) is 17.1 Å². The van der Waals surface area contributed by atoms with Gasteiger partial charge < -0.3 is 10.4 Å². The molecule has 2 rings (SSSR count). The Bertz CT molecular complexity index is 1280. The number of pyridine rings is 1. The summed E-state index contributed by atoms with van der Waals surface area (Å²) in [6, 6.07) is 3.75. The minimum absolute atomic E-state index is 0.0442. The van der Waals surface area contributed by atoms with E-state index in [-0.39, 0.29) is 29.0 Å².